The van der Waals surface area contributed by atoms with E-state index in [0.29, 0.717) is 29.4 Å². The van der Waals surface area contributed by atoms with E-state index in [1.807, 2.05) is 30.3 Å². The van der Waals surface area contributed by atoms with Crippen LogP contribution in [-0.4, -0.2) is 11.7 Å². The lowest BCUT2D eigenvalue weighted by molar-refractivity contribution is 0.299. The molecule has 0 aliphatic carbocycles. The predicted octanol–water partition coefficient (Wildman–Crippen LogP) is 3.56. The second kappa shape index (κ2) is 6.86. The van der Waals surface area contributed by atoms with E-state index in [-0.39, 0.29) is 6.61 Å². The standard InChI is InChI=1S/C18H15ClO4/c19-14-3-1-2-12(8-14)11-22-15-4-5-16-13(6-7-20)9-18(21)23-17(16)10-15/h1-5,8-10,20H,6-7,11H2. The van der Waals surface area contributed by atoms with Crippen molar-refractivity contribution in [3.63, 3.8) is 0 Å². The molecule has 3 aromatic rings. The number of hydrogen-bond donors (Lipinski definition) is 1. The smallest absolute Gasteiger partial charge is 0.336 e. The number of aliphatic hydroxyl groups excluding tert-OH is 1. The second-order valence-corrected chi connectivity index (χ2v) is 5.58. The van der Waals surface area contributed by atoms with Crippen molar-refractivity contribution >= 4 is 22.6 Å². The highest BCUT2D eigenvalue weighted by Crippen LogP contribution is 2.24. The summed E-state index contributed by atoms with van der Waals surface area (Å²) < 4.78 is 10.9. The van der Waals surface area contributed by atoms with E-state index in [1.54, 1.807) is 12.1 Å². The zero-order valence-electron chi connectivity index (χ0n) is 12.3. The number of ether oxygens (including phenoxy) is 1. The van der Waals surface area contributed by atoms with Crippen LogP contribution in [-0.2, 0) is 13.0 Å². The van der Waals surface area contributed by atoms with Crippen LogP contribution >= 0.6 is 11.6 Å². The average Bonchev–Trinajstić information content (AvgIpc) is 2.53. The average molecular weight is 331 g/mol. The molecule has 0 aliphatic rings. The van der Waals surface area contributed by atoms with Crippen LogP contribution in [0, 0.1) is 0 Å². The van der Waals surface area contributed by atoms with Crippen molar-refractivity contribution in [3.05, 3.63) is 75.1 Å². The number of rotatable bonds is 5. The van der Waals surface area contributed by atoms with Crippen molar-refractivity contribution in [2.75, 3.05) is 6.61 Å². The van der Waals surface area contributed by atoms with Crippen LogP contribution in [0.3, 0.4) is 0 Å². The summed E-state index contributed by atoms with van der Waals surface area (Å²) in [6.45, 7) is 0.345. The van der Waals surface area contributed by atoms with Gasteiger partial charge in [-0.2, -0.15) is 0 Å². The molecule has 0 radical (unpaired) electrons. The normalized spacial score (nSPS) is 10.9. The summed E-state index contributed by atoms with van der Waals surface area (Å²) >= 11 is 5.94. The van der Waals surface area contributed by atoms with Crippen molar-refractivity contribution < 1.29 is 14.3 Å². The number of fused-ring (bicyclic) bond motifs is 1. The lowest BCUT2D eigenvalue weighted by Gasteiger charge is -2.09. The molecule has 5 heteroatoms. The monoisotopic (exact) mass is 330 g/mol. The van der Waals surface area contributed by atoms with Gasteiger partial charge in [-0.3, -0.25) is 0 Å². The Labute approximate surface area is 137 Å². The summed E-state index contributed by atoms with van der Waals surface area (Å²) in [5.41, 5.74) is 1.73. The third-order valence-corrected chi connectivity index (χ3v) is 3.71. The third kappa shape index (κ3) is 3.73. The Kier molecular flexibility index (Phi) is 4.65. The molecule has 0 atom stereocenters. The van der Waals surface area contributed by atoms with E-state index >= 15 is 0 Å². The van der Waals surface area contributed by atoms with Gasteiger partial charge >= 0.3 is 5.63 Å². The SMILES string of the molecule is O=c1cc(CCO)c2ccc(OCc3cccc(Cl)c3)cc2o1. The minimum Gasteiger partial charge on any atom is -0.489 e. The molecular formula is C18H15ClO4. The summed E-state index contributed by atoms with van der Waals surface area (Å²) in [5.74, 6) is 0.599. The van der Waals surface area contributed by atoms with Crippen LogP contribution < -0.4 is 10.4 Å². The summed E-state index contributed by atoms with van der Waals surface area (Å²) in [7, 11) is 0. The second-order valence-electron chi connectivity index (χ2n) is 5.14. The molecule has 4 nitrogen and oxygen atoms in total. The van der Waals surface area contributed by atoms with E-state index < -0.39 is 5.63 Å². The number of benzene rings is 2. The Balaban J connectivity index is 1.86. The van der Waals surface area contributed by atoms with Gasteiger partial charge in [-0.05, 0) is 41.8 Å². The highest BCUT2D eigenvalue weighted by Gasteiger charge is 2.07. The first-order chi connectivity index (χ1) is 11.2. The first-order valence-corrected chi connectivity index (χ1v) is 7.58. The van der Waals surface area contributed by atoms with Crippen LogP contribution in [0.4, 0.5) is 0 Å². The van der Waals surface area contributed by atoms with Crippen LogP contribution in [0.2, 0.25) is 5.02 Å². The van der Waals surface area contributed by atoms with Gasteiger partial charge in [-0.25, -0.2) is 4.79 Å². The zero-order chi connectivity index (χ0) is 16.2. The van der Waals surface area contributed by atoms with Crippen LogP contribution in [0.1, 0.15) is 11.1 Å². The van der Waals surface area contributed by atoms with Crippen molar-refractivity contribution in [2.24, 2.45) is 0 Å². The van der Waals surface area contributed by atoms with Gasteiger partial charge in [0.25, 0.3) is 0 Å². The lowest BCUT2D eigenvalue weighted by atomic mass is 10.1. The molecule has 2 aromatic carbocycles. The minimum atomic E-state index is -0.437. The van der Waals surface area contributed by atoms with Gasteiger partial charge in [0, 0.05) is 29.1 Å². The molecular weight excluding hydrogens is 316 g/mol. The van der Waals surface area contributed by atoms with Gasteiger partial charge in [0.15, 0.2) is 0 Å². The van der Waals surface area contributed by atoms with Gasteiger partial charge < -0.3 is 14.3 Å². The lowest BCUT2D eigenvalue weighted by Crippen LogP contribution is -2.03. The quantitative estimate of drug-likeness (QED) is 0.727. The number of aliphatic hydroxyl groups is 1. The number of halogens is 1. The Bertz CT molecular complexity index is 886. The van der Waals surface area contributed by atoms with Gasteiger partial charge in [-0.1, -0.05) is 23.7 Å². The zero-order valence-corrected chi connectivity index (χ0v) is 13.0. The third-order valence-electron chi connectivity index (χ3n) is 3.48. The van der Waals surface area contributed by atoms with Crippen molar-refractivity contribution in [3.8, 4) is 5.75 Å². The fourth-order valence-corrected chi connectivity index (χ4v) is 2.63. The molecule has 0 fully saturated rings. The molecule has 118 valence electrons. The Morgan fingerprint density at radius 3 is 2.78 bits per heavy atom. The minimum absolute atomic E-state index is 0.0223. The molecule has 0 amide bonds. The van der Waals surface area contributed by atoms with Crippen LogP contribution in [0.15, 0.2) is 57.7 Å². The maximum Gasteiger partial charge on any atom is 0.336 e. The molecule has 0 bridgehead atoms. The summed E-state index contributed by atoms with van der Waals surface area (Å²) in [5, 5.41) is 10.5. The molecule has 1 aromatic heterocycles. The van der Waals surface area contributed by atoms with Crippen molar-refractivity contribution in [1.82, 2.24) is 0 Å². The Morgan fingerprint density at radius 1 is 1.13 bits per heavy atom. The molecule has 3 rings (SSSR count). The highest BCUT2D eigenvalue weighted by atomic mass is 35.5. The van der Waals surface area contributed by atoms with E-state index in [1.165, 1.54) is 6.07 Å². The summed E-state index contributed by atoms with van der Waals surface area (Å²) in [6.07, 6.45) is 0.408. The maximum absolute atomic E-state index is 11.6. The predicted molar refractivity (Wildman–Crippen MR) is 89.1 cm³/mol. The molecule has 0 saturated carbocycles. The van der Waals surface area contributed by atoms with Gasteiger partial charge in [0.2, 0.25) is 0 Å². The summed E-state index contributed by atoms with van der Waals surface area (Å²) in [4.78, 5) is 11.6. The molecule has 0 aliphatic heterocycles. The number of hydrogen-bond acceptors (Lipinski definition) is 4. The first kappa shape index (κ1) is 15.6. The topological polar surface area (TPSA) is 59.7 Å². The van der Waals surface area contributed by atoms with Crippen LogP contribution in [0.25, 0.3) is 11.0 Å². The fourth-order valence-electron chi connectivity index (χ4n) is 2.42. The largest absolute Gasteiger partial charge is 0.489 e. The van der Waals surface area contributed by atoms with E-state index in [9.17, 15) is 4.79 Å². The summed E-state index contributed by atoms with van der Waals surface area (Å²) in [6, 6.07) is 14.2. The maximum atomic E-state index is 11.6. The molecule has 1 heterocycles. The molecule has 1 N–H and O–H groups in total. The highest BCUT2D eigenvalue weighted by molar-refractivity contribution is 6.30. The Morgan fingerprint density at radius 2 is 2.00 bits per heavy atom. The van der Waals surface area contributed by atoms with E-state index in [0.717, 1.165) is 16.5 Å². The molecule has 0 unspecified atom stereocenters. The van der Waals surface area contributed by atoms with Crippen LogP contribution in [0.5, 0.6) is 5.75 Å². The van der Waals surface area contributed by atoms with Gasteiger partial charge in [0.1, 0.15) is 17.9 Å². The first-order valence-electron chi connectivity index (χ1n) is 7.20. The Hall–Kier alpha value is -2.30. The van der Waals surface area contributed by atoms with E-state index in [2.05, 4.69) is 0 Å². The van der Waals surface area contributed by atoms with Gasteiger partial charge in [0.05, 0.1) is 0 Å². The fraction of sp³-hybridized carbons (Fsp3) is 0.167. The van der Waals surface area contributed by atoms with Crippen molar-refractivity contribution in [1.29, 1.82) is 0 Å². The molecule has 0 spiro atoms. The van der Waals surface area contributed by atoms with Gasteiger partial charge in [-0.15, -0.1) is 0 Å². The molecule has 23 heavy (non-hydrogen) atoms. The van der Waals surface area contributed by atoms with E-state index in [4.69, 9.17) is 25.9 Å². The van der Waals surface area contributed by atoms with Crippen molar-refractivity contribution in [2.45, 2.75) is 13.0 Å². The molecule has 0 saturated heterocycles.